The molecule has 1 aliphatic rings. The fourth-order valence-electron chi connectivity index (χ4n) is 2.95. The highest BCUT2D eigenvalue weighted by Crippen LogP contribution is 2.27. The average molecular weight is 459 g/mol. The molecule has 5 nitrogen and oxygen atoms in total. The van der Waals surface area contributed by atoms with E-state index in [0.717, 1.165) is 15.7 Å². The van der Waals surface area contributed by atoms with Crippen molar-refractivity contribution in [3.05, 3.63) is 58.1 Å². The van der Waals surface area contributed by atoms with Crippen LogP contribution in [0.4, 0.5) is 5.69 Å². The summed E-state index contributed by atoms with van der Waals surface area (Å²) < 4.78 is 11.7. The fraction of sp³-hybridized carbons (Fsp3) is 0.391. The summed E-state index contributed by atoms with van der Waals surface area (Å²) in [5.41, 5.74) is 3.27. The second kappa shape index (κ2) is 9.55. The van der Waals surface area contributed by atoms with Crippen molar-refractivity contribution in [1.29, 1.82) is 0 Å². The van der Waals surface area contributed by atoms with Crippen LogP contribution < -0.4 is 4.74 Å². The van der Waals surface area contributed by atoms with Crippen molar-refractivity contribution in [3.63, 3.8) is 0 Å². The zero-order valence-corrected chi connectivity index (χ0v) is 18.7. The van der Waals surface area contributed by atoms with Crippen LogP contribution in [0.15, 0.2) is 51.9 Å². The molecule has 0 spiro atoms. The lowest BCUT2D eigenvalue weighted by molar-refractivity contribution is -0.137. The Bertz CT molecular complexity index is 867. The van der Waals surface area contributed by atoms with Crippen LogP contribution in [0.2, 0.25) is 0 Å². The summed E-state index contributed by atoms with van der Waals surface area (Å²) in [6.45, 7) is 9.02. The van der Waals surface area contributed by atoms with E-state index in [1.165, 1.54) is 5.56 Å². The number of hydrogen-bond donors (Lipinski definition) is 0. The molecule has 0 radical (unpaired) electrons. The molecular formula is C23H27BrN2O3. The predicted molar refractivity (Wildman–Crippen MR) is 119 cm³/mol. The van der Waals surface area contributed by atoms with Gasteiger partial charge in [0.25, 0.3) is 5.91 Å². The van der Waals surface area contributed by atoms with E-state index in [0.29, 0.717) is 32.1 Å². The van der Waals surface area contributed by atoms with Crippen molar-refractivity contribution in [2.45, 2.75) is 26.2 Å². The summed E-state index contributed by atoms with van der Waals surface area (Å²) in [6, 6.07) is 14.0. The number of nitrogens with zero attached hydrogens (tertiary/aromatic N) is 2. The lowest BCUT2D eigenvalue weighted by Gasteiger charge is -2.26. The molecule has 6 heteroatoms. The Hall–Kier alpha value is -2.18. The number of carbonyl (C=O) groups excluding carboxylic acids is 1. The molecular weight excluding hydrogens is 432 g/mol. The Labute approximate surface area is 180 Å². The van der Waals surface area contributed by atoms with Crippen LogP contribution in [0.1, 0.15) is 31.9 Å². The second-order valence-electron chi connectivity index (χ2n) is 8.03. The molecule has 0 aromatic heterocycles. The van der Waals surface area contributed by atoms with Gasteiger partial charge in [0, 0.05) is 19.3 Å². The predicted octanol–water partition coefficient (Wildman–Crippen LogP) is 4.73. The molecule has 0 atom stereocenters. The zero-order chi connectivity index (χ0) is 20.9. The topological polar surface area (TPSA) is 51.1 Å². The first-order chi connectivity index (χ1) is 13.8. The van der Waals surface area contributed by atoms with Crippen LogP contribution in [-0.2, 0) is 14.9 Å². The molecule has 1 aliphatic heterocycles. The summed E-state index contributed by atoms with van der Waals surface area (Å²) >= 11 is 3.52. The Kier molecular flexibility index (Phi) is 7.09. The van der Waals surface area contributed by atoms with Gasteiger partial charge in [0.05, 0.1) is 23.4 Å². The van der Waals surface area contributed by atoms with Crippen molar-refractivity contribution in [3.8, 4) is 5.75 Å². The van der Waals surface area contributed by atoms with Crippen LogP contribution in [0.25, 0.3) is 0 Å². The van der Waals surface area contributed by atoms with Gasteiger partial charge in [-0.2, -0.15) is 0 Å². The second-order valence-corrected chi connectivity index (χ2v) is 8.88. The third-order valence-corrected chi connectivity index (χ3v) is 5.39. The first-order valence-corrected chi connectivity index (χ1v) is 10.5. The Morgan fingerprint density at radius 3 is 2.48 bits per heavy atom. The van der Waals surface area contributed by atoms with Crippen LogP contribution >= 0.6 is 15.9 Å². The van der Waals surface area contributed by atoms with E-state index in [9.17, 15) is 4.79 Å². The van der Waals surface area contributed by atoms with E-state index in [2.05, 4.69) is 53.8 Å². The zero-order valence-electron chi connectivity index (χ0n) is 17.2. The number of carbonyl (C=O) groups is 1. The van der Waals surface area contributed by atoms with Crippen molar-refractivity contribution >= 4 is 33.7 Å². The van der Waals surface area contributed by atoms with Gasteiger partial charge in [0.2, 0.25) is 0 Å². The third-order valence-electron chi connectivity index (χ3n) is 4.77. The molecule has 0 saturated carbocycles. The molecule has 1 saturated heterocycles. The molecule has 2 aromatic carbocycles. The summed E-state index contributed by atoms with van der Waals surface area (Å²) in [6.07, 6.45) is 1.82. The maximum atomic E-state index is 12.2. The lowest BCUT2D eigenvalue weighted by atomic mass is 9.87. The first-order valence-electron chi connectivity index (χ1n) is 9.75. The highest BCUT2D eigenvalue weighted by molar-refractivity contribution is 9.10. The fourth-order valence-corrected chi connectivity index (χ4v) is 3.47. The average Bonchev–Trinajstić information content (AvgIpc) is 2.71. The number of hydrogen-bond acceptors (Lipinski definition) is 4. The quantitative estimate of drug-likeness (QED) is 0.608. The third kappa shape index (κ3) is 6.15. The molecule has 1 heterocycles. The number of ether oxygens (including phenoxy) is 2. The molecule has 154 valence electrons. The highest BCUT2D eigenvalue weighted by atomic mass is 79.9. The van der Waals surface area contributed by atoms with Gasteiger partial charge in [-0.25, -0.2) is 0 Å². The molecule has 1 amide bonds. The van der Waals surface area contributed by atoms with Crippen molar-refractivity contribution in [2.24, 2.45) is 4.99 Å². The van der Waals surface area contributed by atoms with Gasteiger partial charge in [-0.3, -0.25) is 9.79 Å². The van der Waals surface area contributed by atoms with Gasteiger partial charge in [0.1, 0.15) is 5.75 Å². The number of rotatable bonds is 5. The van der Waals surface area contributed by atoms with Crippen LogP contribution in [0, 0.1) is 0 Å². The van der Waals surface area contributed by atoms with Gasteiger partial charge in [-0.15, -0.1) is 0 Å². The maximum Gasteiger partial charge on any atom is 0.260 e. The molecule has 29 heavy (non-hydrogen) atoms. The molecule has 3 rings (SSSR count). The Balaban J connectivity index is 1.58. The van der Waals surface area contributed by atoms with Crippen molar-refractivity contribution in [2.75, 3.05) is 32.9 Å². The van der Waals surface area contributed by atoms with Gasteiger partial charge in [-0.05, 0) is 62.8 Å². The normalized spacial score (nSPS) is 15.0. The minimum Gasteiger partial charge on any atom is -0.483 e. The van der Waals surface area contributed by atoms with Gasteiger partial charge in [-0.1, -0.05) is 32.9 Å². The molecule has 1 fully saturated rings. The molecule has 0 unspecified atom stereocenters. The van der Waals surface area contributed by atoms with E-state index < -0.39 is 0 Å². The lowest BCUT2D eigenvalue weighted by Crippen LogP contribution is -2.43. The van der Waals surface area contributed by atoms with E-state index in [4.69, 9.17) is 9.47 Å². The van der Waals surface area contributed by atoms with Crippen LogP contribution in [0.5, 0.6) is 5.75 Å². The van der Waals surface area contributed by atoms with Crippen LogP contribution in [0.3, 0.4) is 0 Å². The van der Waals surface area contributed by atoms with E-state index in [1.807, 2.05) is 36.5 Å². The van der Waals surface area contributed by atoms with E-state index >= 15 is 0 Å². The van der Waals surface area contributed by atoms with E-state index in [1.54, 1.807) is 4.90 Å². The van der Waals surface area contributed by atoms with Gasteiger partial charge < -0.3 is 14.4 Å². The Morgan fingerprint density at radius 1 is 1.17 bits per heavy atom. The Morgan fingerprint density at radius 2 is 1.86 bits per heavy atom. The molecule has 0 aliphatic carbocycles. The number of halogens is 1. The SMILES string of the molecule is CC(C)(C)c1ccc(N=Cc2ccc(OCC(=O)N3CCOCC3)c(Br)c2)cc1. The van der Waals surface area contributed by atoms with Crippen molar-refractivity contribution in [1.82, 2.24) is 4.90 Å². The summed E-state index contributed by atoms with van der Waals surface area (Å²) in [7, 11) is 0. The number of aliphatic imine (C=N–C) groups is 1. The standard InChI is InChI=1S/C23H27BrN2O3/c1-23(2,3)18-5-7-19(8-6-18)25-15-17-4-9-21(20(24)14-17)29-16-22(27)26-10-12-28-13-11-26/h4-9,14-15H,10-13,16H2,1-3H3. The summed E-state index contributed by atoms with van der Waals surface area (Å²) in [4.78, 5) is 18.5. The maximum absolute atomic E-state index is 12.2. The molecule has 0 N–H and O–H groups in total. The monoisotopic (exact) mass is 458 g/mol. The number of morpholine rings is 1. The number of amides is 1. The summed E-state index contributed by atoms with van der Waals surface area (Å²) in [5, 5.41) is 0. The highest BCUT2D eigenvalue weighted by Gasteiger charge is 2.17. The summed E-state index contributed by atoms with van der Waals surface area (Å²) in [5.74, 6) is 0.614. The van der Waals surface area contributed by atoms with Gasteiger partial charge >= 0.3 is 0 Å². The van der Waals surface area contributed by atoms with Crippen LogP contribution in [-0.4, -0.2) is 49.9 Å². The molecule has 0 bridgehead atoms. The minimum atomic E-state index is -0.0236. The van der Waals surface area contributed by atoms with E-state index in [-0.39, 0.29) is 17.9 Å². The molecule has 2 aromatic rings. The van der Waals surface area contributed by atoms with Gasteiger partial charge in [0.15, 0.2) is 6.61 Å². The number of benzene rings is 2. The largest absolute Gasteiger partial charge is 0.483 e. The minimum absolute atomic E-state index is 0.0200. The first kappa shape index (κ1) is 21.5. The smallest absolute Gasteiger partial charge is 0.260 e. The van der Waals surface area contributed by atoms with Crippen molar-refractivity contribution < 1.29 is 14.3 Å².